The van der Waals surface area contributed by atoms with Crippen LogP contribution >= 0.6 is 39.9 Å². The van der Waals surface area contributed by atoms with Gasteiger partial charge in [-0.05, 0) is 39.9 Å². The largest absolute Gasteiger partial charge is 0.142 e. The van der Waals surface area contributed by atoms with Gasteiger partial charge in [0, 0.05) is 9.60 Å². The van der Waals surface area contributed by atoms with Crippen molar-refractivity contribution in [3.63, 3.8) is 0 Å². The molecule has 3 heteroatoms. The highest BCUT2D eigenvalue weighted by atomic mass is 79.9. The molecular weight excluding hydrogens is 252 g/mol. The van der Waals surface area contributed by atoms with Crippen molar-refractivity contribution in [2.45, 2.75) is 11.8 Å². The number of hydrogen-bond acceptors (Lipinski definition) is 2. The number of thiol groups is 1. The summed E-state index contributed by atoms with van der Waals surface area (Å²) in [4.78, 5) is 1.10. The zero-order valence-electron chi connectivity index (χ0n) is 6.47. The summed E-state index contributed by atoms with van der Waals surface area (Å²) in [5, 5.41) is 1.27. The topological polar surface area (TPSA) is 0 Å². The second-order valence-corrected chi connectivity index (χ2v) is 5.58. The Labute approximate surface area is 89.1 Å². The standard InChI is InChI=1S/C9H7BrS2/c1-5-2-3-6-4-7(10)12-9(6)8(5)11/h2-4,11H,1H3. The monoisotopic (exact) mass is 258 g/mol. The molecule has 0 spiro atoms. The molecule has 1 aromatic carbocycles. The van der Waals surface area contributed by atoms with Gasteiger partial charge in [0.05, 0.1) is 3.79 Å². The minimum Gasteiger partial charge on any atom is -0.142 e. The third-order valence-electron chi connectivity index (χ3n) is 1.83. The minimum absolute atomic E-state index is 1.10. The Kier molecular flexibility index (Phi) is 2.19. The SMILES string of the molecule is Cc1ccc2cc(Br)sc2c1S. The first-order valence-electron chi connectivity index (χ1n) is 3.56. The molecule has 2 aromatic rings. The van der Waals surface area contributed by atoms with Crippen LogP contribution in [0.4, 0.5) is 0 Å². The number of thiophene rings is 1. The van der Waals surface area contributed by atoms with Crippen LogP contribution in [0.25, 0.3) is 10.1 Å². The smallest absolute Gasteiger partial charge is 0.0711 e. The van der Waals surface area contributed by atoms with Crippen molar-refractivity contribution in [1.29, 1.82) is 0 Å². The molecule has 0 amide bonds. The first kappa shape index (κ1) is 8.60. The third-order valence-corrected chi connectivity index (χ3v) is 4.23. The zero-order chi connectivity index (χ0) is 8.72. The van der Waals surface area contributed by atoms with E-state index in [1.165, 1.54) is 19.4 Å². The quantitative estimate of drug-likeness (QED) is 0.671. The molecule has 0 aliphatic heterocycles. The van der Waals surface area contributed by atoms with Gasteiger partial charge in [-0.2, -0.15) is 0 Å². The van der Waals surface area contributed by atoms with E-state index in [2.05, 4.69) is 53.7 Å². The highest BCUT2D eigenvalue weighted by Crippen LogP contribution is 2.35. The molecule has 0 fully saturated rings. The van der Waals surface area contributed by atoms with Gasteiger partial charge in [0.25, 0.3) is 0 Å². The van der Waals surface area contributed by atoms with Gasteiger partial charge in [-0.3, -0.25) is 0 Å². The van der Waals surface area contributed by atoms with Gasteiger partial charge in [-0.1, -0.05) is 12.1 Å². The molecule has 0 unspecified atom stereocenters. The van der Waals surface area contributed by atoms with Gasteiger partial charge in [0.15, 0.2) is 0 Å². The molecule has 12 heavy (non-hydrogen) atoms. The van der Waals surface area contributed by atoms with Crippen LogP contribution in [-0.2, 0) is 0 Å². The Hall–Kier alpha value is 0.01000. The normalized spacial score (nSPS) is 10.9. The maximum Gasteiger partial charge on any atom is 0.0711 e. The minimum atomic E-state index is 1.10. The maximum absolute atomic E-state index is 4.47. The molecule has 1 heterocycles. The Bertz CT molecular complexity index is 431. The van der Waals surface area contributed by atoms with Gasteiger partial charge in [-0.15, -0.1) is 24.0 Å². The van der Waals surface area contributed by atoms with E-state index >= 15 is 0 Å². The predicted molar refractivity (Wildman–Crippen MR) is 61.5 cm³/mol. The molecule has 0 saturated heterocycles. The fourth-order valence-electron chi connectivity index (χ4n) is 1.16. The van der Waals surface area contributed by atoms with Gasteiger partial charge in [0.2, 0.25) is 0 Å². The maximum atomic E-state index is 4.47. The van der Waals surface area contributed by atoms with Crippen molar-refractivity contribution in [3.8, 4) is 0 Å². The molecule has 2 rings (SSSR count). The second kappa shape index (κ2) is 3.05. The number of rotatable bonds is 0. The summed E-state index contributed by atoms with van der Waals surface area (Å²) in [5.74, 6) is 0. The Morgan fingerprint density at radius 3 is 2.92 bits per heavy atom. The van der Waals surface area contributed by atoms with Crippen LogP contribution in [0.3, 0.4) is 0 Å². The number of aryl methyl sites for hydroxylation is 1. The molecule has 0 bridgehead atoms. The van der Waals surface area contributed by atoms with Gasteiger partial charge < -0.3 is 0 Å². The van der Waals surface area contributed by atoms with Crippen LogP contribution in [0, 0.1) is 6.92 Å². The summed E-state index contributed by atoms with van der Waals surface area (Å²) < 4.78 is 2.43. The molecular formula is C9H7BrS2. The van der Waals surface area contributed by atoms with Gasteiger partial charge in [-0.25, -0.2) is 0 Å². The molecule has 1 aromatic heterocycles. The number of halogens is 1. The lowest BCUT2D eigenvalue weighted by Crippen LogP contribution is -1.73. The predicted octanol–water partition coefficient (Wildman–Crippen LogP) is 4.26. The fourth-order valence-corrected chi connectivity index (χ4v) is 3.11. The van der Waals surface area contributed by atoms with E-state index in [1.54, 1.807) is 11.3 Å². The summed E-state index contributed by atoms with van der Waals surface area (Å²) in [5.41, 5.74) is 1.24. The Balaban J connectivity index is 2.89. The van der Waals surface area contributed by atoms with Crippen molar-refractivity contribution >= 4 is 50.0 Å². The fraction of sp³-hybridized carbons (Fsp3) is 0.111. The van der Waals surface area contributed by atoms with Crippen LogP contribution < -0.4 is 0 Å². The molecule has 0 radical (unpaired) electrons. The van der Waals surface area contributed by atoms with Crippen LogP contribution in [0.1, 0.15) is 5.56 Å². The lowest BCUT2D eigenvalue weighted by atomic mass is 10.2. The first-order chi connectivity index (χ1) is 5.68. The number of benzene rings is 1. The Morgan fingerprint density at radius 1 is 1.42 bits per heavy atom. The average molecular weight is 259 g/mol. The summed E-state index contributed by atoms with van der Waals surface area (Å²) >= 11 is 9.67. The average Bonchev–Trinajstić information content (AvgIpc) is 2.39. The molecule has 0 N–H and O–H groups in total. The lowest BCUT2D eigenvalue weighted by molar-refractivity contribution is 1.37. The van der Waals surface area contributed by atoms with Crippen LogP contribution in [0.2, 0.25) is 0 Å². The van der Waals surface area contributed by atoms with Crippen LogP contribution in [-0.4, -0.2) is 0 Å². The van der Waals surface area contributed by atoms with E-state index in [4.69, 9.17) is 0 Å². The second-order valence-electron chi connectivity index (χ2n) is 2.70. The third kappa shape index (κ3) is 1.30. The molecule has 0 nitrogen and oxygen atoms in total. The lowest BCUT2D eigenvalue weighted by Gasteiger charge is -1.98. The van der Waals surface area contributed by atoms with Crippen molar-refractivity contribution in [2.75, 3.05) is 0 Å². The van der Waals surface area contributed by atoms with E-state index in [0.29, 0.717) is 0 Å². The highest BCUT2D eigenvalue weighted by molar-refractivity contribution is 9.11. The first-order valence-corrected chi connectivity index (χ1v) is 5.62. The van der Waals surface area contributed by atoms with Gasteiger partial charge in [0.1, 0.15) is 0 Å². The summed E-state index contributed by atoms with van der Waals surface area (Å²) in [6, 6.07) is 6.36. The van der Waals surface area contributed by atoms with Crippen LogP contribution in [0.15, 0.2) is 26.9 Å². The molecule has 0 atom stereocenters. The molecule has 0 saturated carbocycles. The number of fused-ring (bicyclic) bond motifs is 1. The summed E-state index contributed by atoms with van der Waals surface area (Å²) in [7, 11) is 0. The molecule has 0 aliphatic rings. The van der Waals surface area contributed by atoms with E-state index in [1.807, 2.05) is 0 Å². The van der Waals surface area contributed by atoms with E-state index in [9.17, 15) is 0 Å². The van der Waals surface area contributed by atoms with Crippen molar-refractivity contribution in [2.24, 2.45) is 0 Å². The van der Waals surface area contributed by atoms with Crippen molar-refractivity contribution in [3.05, 3.63) is 27.5 Å². The van der Waals surface area contributed by atoms with Crippen LogP contribution in [0.5, 0.6) is 0 Å². The van der Waals surface area contributed by atoms with Gasteiger partial charge >= 0.3 is 0 Å². The zero-order valence-corrected chi connectivity index (χ0v) is 9.76. The Morgan fingerprint density at radius 2 is 2.17 bits per heavy atom. The van der Waals surface area contributed by atoms with Crippen molar-refractivity contribution < 1.29 is 0 Å². The van der Waals surface area contributed by atoms with E-state index in [-0.39, 0.29) is 0 Å². The summed E-state index contributed by atoms with van der Waals surface area (Å²) in [6.45, 7) is 2.08. The van der Waals surface area contributed by atoms with E-state index in [0.717, 1.165) is 4.90 Å². The number of hydrogen-bond donors (Lipinski definition) is 1. The molecule has 62 valence electrons. The van der Waals surface area contributed by atoms with E-state index < -0.39 is 0 Å². The molecule has 0 aliphatic carbocycles. The summed E-state index contributed by atoms with van der Waals surface area (Å²) in [6.07, 6.45) is 0. The van der Waals surface area contributed by atoms with Crippen molar-refractivity contribution in [1.82, 2.24) is 0 Å². The highest BCUT2D eigenvalue weighted by Gasteiger charge is 2.04.